The number of aliphatic carboxylic acids is 1. The molecule has 1 fully saturated rings. The van der Waals surface area contributed by atoms with Gasteiger partial charge in [-0.15, -0.1) is 11.3 Å². The summed E-state index contributed by atoms with van der Waals surface area (Å²) >= 11 is 1.78. The van der Waals surface area contributed by atoms with Crippen LogP contribution in [0.1, 0.15) is 24.0 Å². The Labute approximate surface area is 221 Å². The lowest BCUT2D eigenvalue weighted by atomic mass is 9.99. The molecule has 1 atom stereocenters. The molecule has 7 heteroatoms. The van der Waals surface area contributed by atoms with Gasteiger partial charge in [-0.3, -0.25) is 9.69 Å². The van der Waals surface area contributed by atoms with Crippen molar-refractivity contribution >= 4 is 27.4 Å². The highest BCUT2D eigenvalue weighted by Gasteiger charge is 2.16. The minimum atomic E-state index is -1.08. The topological polar surface area (TPSA) is 85.0 Å². The molecule has 0 aliphatic carbocycles. The van der Waals surface area contributed by atoms with Gasteiger partial charge in [0.15, 0.2) is 0 Å². The first-order valence-corrected chi connectivity index (χ1v) is 13.5. The molecule has 1 aliphatic heterocycles. The van der Waals surface area contributed by atoms with E-state index in [-0.39, 0.29) is 6.61 Å². The van der Waals surface area contributed by atoms with Gasteiger partial charge in [-0.1, -0.05) is 30.3 Å². The molecule has 2 heterocycles. The van der Waals surface area contributed by atoms with Crippen LogP contribution in [0.5, 0.6) is 11.5 Å². The predicted molar refractivity (Wildman–Crippen MR) is 149 cm³/mol. The van der Waals surface area contributed by atoms with Crippen LogP contribution in [0.3, 0.4) is 0 Å². The number of nitrogens with zero attached hydrogens (tertiary/aromatic N) is 1. The number of fused-ring (bicyclic) bond motifs is 1. The average molecular weight is 517 g/mol. The highest BCUT2D eigenvalue weighted by molar-refractivity contribution is 7.22. The van der Waals surface area contributed by atoms with Gasteiger partial charge in [-0.25, -0.2) is 0 Å². The van der Waals surface area contributed by atoms with Crippen LogP contribution in [-0.4, -0.2) is 54.9 Å². The number of benzene rings is 3. The van der Waals surface area contributed by atoms with E-state index in [1.165, 1.54) is 52.0 Å². The molecule has 0 radical (unpaired) electrons. The fourth-order valence-electron chi connectivity index (χ4n) is 4.67. The van der Waals surface area contributed by atoms with E-state index in [4.69, 9.17) is 20.3 Å². The Hall–Kier alpha value is -3.39. The highest BCUT2D eigenvalue weighted by Crippen LogP contribution is 2.40. The Bertz CT molecular complexity index is 1330. The first-order chi connectivity index (χ1) is 18.1. The van der Waals surface area contributed by atoms with Crippen molar-refractivity contribution in [3.05, 3.63) is 83.9 Å². The first-order valence-electron chi connectivity index (χ1n) is 12.7. The van der Waals surface area contributed by atoms with Crippen molar-refractivity contribution in [2.24, 2.45) is 5.73 Å². The van der Waals surface area contributed by atoms with Gasteiger partial charge < -0.3 is 20.3 Å². The number of rotatable bonds is 11. The molecule has 37 heavy (non-hydrogen) atoms. The Morgan fingerprint density at radius 1 is 0.946 bits per heavy atom. The van der Waals surface area contributed by atoms with Gasteiger partial charge in [-0.2, -0.15) is 0 Å². The third-order valence-electron chi connectivity index (χ3n) is 6.74. The van der Waals surface area contributed by atoms with Gasteiger partial charge >= 0.3 is 5.97 Å². The summed E-state index contributed by atoms with van der Waals surface area (Å²) < 4.78 is 12.8. The third-order valence-corrected chi connectivity index (χ3v) is 8.00. The van der Waals surface area contributed by atoms with E-state index in [0.717, 1.165) is 30.9 Å². The van der Waals surface area contributed by atoms with Crippen LogP contribution in [0.2, 0.25) is 0 Å². The number of ether oxygens (including phenoxy) is 2. The van der Waals surface area contributed by atoms with E-state index in [2.05, 4.69) is 53.4 Å². The van der Waals surface area contributed by atoms with Gasteiger partial charge in [0.05, 0.1) is 0 Å². The van der Waals surface area contributed by atoms with Crippen molar-refractivity contribution in [1.82, 2.24) is 4.90 Å². The van der Waals surface area contributed by atoms with Crippen LogP contribution in [0.25, 0.3) is 20.5 Å². The molecular formula is C30H32N2O4S. The Morgan fingerprint density at radius 2 is 1.62 bits per heavy atom. The van der Waals surface area contributed by atoms with Crippen molar-refractivity contribution in [3.8, 4) is 21.9 Å². The quantitative estimate of drug-likeness (QED) is 0.277. The SMILES string of the molecule is N[C@@H](COc1ccc(-c2sc3ccccc3c2Cc2ccc(OCCN3CCCC3)cc2)cc1)C(=O)O. The van der Waals surface area contributed by atoms with E-state index in [9.17, 15) is 4.79 Å². The fraction of sp³-hybridized carbons (Fsp3) is 0.300. The Kier molecular flexibility index (Phi) is 8.04. The minimum absolute atomic E-state index is 0.0687. The number of likely N-dealkylation sites (tertiary alicyclic amines) is 1. The molecule has 1 saturated heterocycles. The number of carbonyl (C=O) groups is 1. The smallest absolute Gasteiger partial charge is 0.324 e. The zero-order chi connectivity index (χ0) is 25.6. The average Bonchev–Trinajstić information content (AvgIpc) is 3.57. The second-order valence-electron chi connectivity index (χ2n) is 9.40. The zero-order valence-corrected chi connectivity index (χ0v) is 21.6. The van der Waals surface area contributed by atoms with Crippen LogP contribution in [-0.2, 0) is 11.2 Å². The van der Waals surface area contributed by atoms with Crippen molar-refractivity contribution in [1.29, 1.82) is 0 Å². The summed E-state index contributed by atoms with van der Waals surface area (Å²) in [7, 11) is 0. The lowest BCUT2D eigenvalue weighted by Gasteiger charge is -2.15. The zero-order valence-electron chi connectivity index (χ0n) is 20.8. The molecule has 4 aromatic rings. The third kappa shape index (κ3) is 6.31. The maximum atomic E-state index is 10.9. The number of nitrogens with two attached hydrogens (primary N) is 1. The van der Waals surface area contributed by atoms with Crippen LogP contribution in [0.4, 0.5) is 0 Å². The van der Waals surface area contributed by atoms with Crippen molar-refractivity contribution < 1.29 is 19.4 Å². The Morgan fingerprint density at radius 3 is 2.35 bits per heavy atom. The molecule has 1 aromatic heterocycles. The van der Waals surface area contributed by atoms with Gasteiger partial charge in [0.2, 0.25) is 0 Å². The summed E-state index contributed by atoms with van der Waals surface area (Å²) in [5.74, 6) is 0.438. The molecule has 192 valence electrons. The molecule has 0 spiro atoms. The van der Waals surface area contributed by atoms with Gasteiger partial charge in [-0.05, 0) is 96.9 Å². The first kappa shape index (κ1) is 25.3. The van der Waals surface area contributed by atoms with Gasteiger partial charge in [0, 0.05) is 16.1 Å². The summed E-state index contributed by atoms with van der Waals surface area (Å²) in [5.41, 5.74) is 9.18. The van der Waals surface area contributed by atoms with Gasteiger partial charge in [0.25, 0.3) is 0 Å². The highest BCUT2D eigenvalue weighted by atomic mass is 32.1. The van der Waals surface area contributed by atoms with Crippen LogP contribution in [0.15, 0.2) is 72.8 Å². The van der Waals surface area contributed by atoms with Crippen molar-refractivity contribution in [2.75, 3.05) is 32.8 Å². The van der Waals surface area contributed by atoms with Gasteiger partial charge in [0.1, 0.15) is 30.8 Å². The summed E-state index contributed by atoms with van der Waals surface area (Å²) in [6.07, 6.45) is 3.42. The standard InChI is InChI=1S/C30H32N2O4S/c31-27(30(33)34)20-36-24-13-9-22(10-14-24)29-26(25-5-1-2-6-28(25)37-29)19-21-7-11-23(12-8-21)35-18-17-32-15-3-4-16-32/h1-2,5-14,27H,3-4,15-20,31H2,(H,33,34)/t27-/m0/s1. The summed E-state index contributed by atoms with van der Waals surface area (Å²) in [6.45, 7) is 4.02. The number of carboxylic acid groups (broad SMARTS) is 1. The lowest BCUT2D eigenvalue weighted by molar-refractivity contribution is -0.139. The van der Waals surface area contributed by atoms with E-state index < -0.39 is 12.0 Å². The molecule has 0 amide bonds. The summed E-state index contributed by atoms with van der Waals surface area (Å²) in [6, 6.07) is 23.7. The normalized spacial score (nSPS) is 14.6. The van der Waals surface area contributed by atoms with Crippen LogP contribution >= 0.6 is 11.3 Å². The number of thiophene rings is 1. The number of hydrogen-bond donors (Lipinski definition) is 2. The molecule has 5 rings (SSSR count). The fourth-order valence-corrected chi connectivity index (χ4v) is 5.90. The molecule has 0 unspecified atom stereocenters. The minimum Gasteiger partial charge on any atom is -0.492 e. The Balaban J connectivity index is 1.30. The molecule has 1 aliphatic rings. The van der Waals surface area contributed by atoms with E-state index in [0.29, 0.717) is 5.75 Å². The van der Waals surface area contributed by atoms with Crippen LogP contribution in [0, 0.1) is 0 Å². The molecular weight excluding hydrogens is 484 g/mol. The van der Waals surface area contributed by atoms with E-state index in [1.807, 2.05) is 24.3 Å². The molecule has 3 aromatic carbocycles. The maximum absolute atomic E-state index is 10.9. The summed E-state index contributed by atoms with van der Waals surface area (Å²) in [4.78, 5) is 14.6. The van der Waals surface area contributed by atoms with Crippen molar-refractivity contribution in [3.63, 3.8) is 0 Å². The summed E-state index contributed by atoms with van der Waals surface area (Å²) in [5, 5.41) is 10.2. The number of carboxylic acids is 1. The monoisotopic (exact) mass is 516 g/mol. The molecule has 0 saturated carbocycles. The van der Waals surface area contributed by atoms with Crippen molar-refractivity contribution in [2.45, 2.75) is 25.3 Å². The van der Waals surface area contributed by atoms with E-state index in [1.54, 1.807) is 11.3 Å². The largest absolute Gasteiger partial charge is 0.492 e. The molecule has 6 nitrogen and oxygen atoms in total. The van der Waals surface area contributed by atoms with Crippen LogP contribution < -0.4 is 15.2 Å². The maximum Gasteiger partial charge on any atom is 0.324 e. The second-order valence-corrected chi connectivity index (χ2v) is 10.5. The van der Waals surface area contributed by atoms with E-state index >= 15 is 0 Å². The number of hydrogen-bond acceptors (Lipinski definition) is 6. The second kappa shape index (κ2) is 11.8. The predicted octanol–water partition coefficient (Wildman–Crippen LogP) is 5.42. The molecule has 3 N–H and O–H groups in total. The molecule has 0 bridgehead atoms. The lowest BCUT2D eigenvalue weighted by Crippen LogP contribution is -2.36.